The van der Waals surface area contributed by atoms with Gasteiger partial charge in [-0.3, -0.25) is 14.5 Å². The summed E-state index contributed by atoms with van der Waals surface area (Å²) in [5.74, 6) is 0.837. The number of imide groups is 1. The summed E-state index contributed by atoms with van der Waals surface area (Å²) < 4.78 is 0. The Bertz CT molecular complexity index is 387. The van der Waals surface area contributed by atoms with E-state index >= 15 is 0 Å². The summed E-state index contributed by atoms with van der Waals surface area (Å²) in [6.07, 6.45) is 6.82. The molecule has 3 heteroatoms. The van der Waals surface area contributed by atoms with Gasteiger partial charge in [0, 0.05) is 7.05 Å². The lowest BCUT2D eigenvalue weighted by Gasteiger charge is -2.18. The number of rotatable bonds is 0. The Kier molecular flexibility index (Phi) is 1.10. The van der Waals surface area contributed by atoms with Crippen molar-refractivity contribution in [2.24, 2.45) is 29.1 Å². The molecule has 2 saturated carbocycles. The number of allylic oxidation sites excluding steroid dienone is 2. The molecule has 1 spiro atoms. The van der Waals surface area contributed by atoms with Gasteiger partial charge in [0.15, 0.2) is 0 Å². The van der Waals surface area contributed by atoms with E-state index in [-0.39, 0.29) is 23.7 Å². The van der Waals surface area contributed by atoms with Crippen LogP contribution in [0.3, 0.4) is 0 Å². The summed E-state index contributed by atoms with van der Waals surface area (Å²) in [5.41, 5.74) is 0.335. The maximum absolute atomic E-state index is 12.0. The summed E-state index contributed by atoms with van der Waals surface area (Å²) in [6.45, 7) is 0. The van der Waals surface area contributed by atoms with Crippen molar-refractivity contribution in [3.8, 4) is 0 Å². The van der Waals surface area contributed by atoms with E-state index in [1.807, 2.05) is 0 Å². The van der Waals surface area contributed by atoms with Crippen LogP contribution in [0.5, 0.6) is 0 Å². The predicted molar refractivity (Wildman–Crippen MR) is 52.5 cm³/mol. The first-order valence-corrected chi connectivity index (χ1v) is 5.66. The number of amides is 2. The molecule has 4 aliphatic rings. The van der Waals surface area contributed by atoms with Crippen molar-refractivity contribution >= 4 is 11.8 Å². The molecular formula is C12H13NO2. The SMILES string of the molecule is CN1C(=O)[C@@H]2[C@H](C1=O)[C@H]1C=C[C@H]2C12CC2. The second-order valence-electron chi connectivity index (χ2n) is 5.46. The highest BCUT2D eigenvalue weighted by molar-refractivity contribution is 6.06. The highest BCUT2D eigenvalue weighted by Gasteiger charge is 2.72. The van der Waals surface area contributed by atoms with Crippen LogP contribution in [0.4, 0.5) is 0 Å². The van der Waals surface area contributed by atoms with Crippen LogP contribution in [0.15, 0.2) is 12.2 Å². The average Bonchev–Trinajstić information content (AvgIpc) is 2.85. The first-order valence-electron chi connectivity index (χ1n) is 5.66. The Labute approximate surface area is 88.1 Å². The lowest BCUT2D eigenvalue weighted by Crippen LogP contribution is -2.31. The second-order valence-corrected chi connectivity index (χ2v) is 5.46. The maximum Gasteiger partial charge on any atom is 0.233 e. The van der Waals surface area contributed by atoms with Crippen LogP contribution in [0.2, 0.25) is 0 Å². The van der Waals surface area contributed by atoms with E-state index in [4.69, 9.17) is 0 Å². The van der Waals surface area contributed by atoms with Crippen LogP contribution in [0, 0.1) is 29.1 Å². The first kappa shape index (κ1) is 8.08. The zero-order chi connectivity index (χ0) is 10.4. The lowest BCUT2D eigenvalue weighted by atomic mass is 9.85. The number of carbonyl (C=O) groups is 2. The number of fused-ring (bicyclic) bond motifs is 3. The molecule has 3 fully saturated rings. The van der Waals surface area contributed by atoms with Crippen LogP contribution in [-0.4, -0.2) is 23.8 Å². The smallest absolute Gasteiger partial charge is 0.233 e. The standard InChI is InChI=1S/C12H13NO2/c1-13-10(14)8-6-2-3-7(9(8)11(13)15)12(6)4-5-12/h2-3,6-9H,4-5H2,1H3/t6-,7-,8-,9+/m1/s1. The van der Waals surface area contributed by atoms with Crippen LogP contribution >= 0.6 is 0 Å². The minimum absolute atomic E-state index is 0.0139. The van der Waals surface area contributed by atoms with E-state index < -0.39 is 0 Å². The minimum atomic E-state index is -0.0139. The van der Waals surface area contributed by atoms with E-state index in [1.165, 1.54) is 17.7 Å². The van der Waals surface area contributed by atoms with Crippen molar-refractivity contribution in [1.82, 2.24) is 4.90 Å². The Morgan fingerprint density at radius 2 is 1.60 bits per heavy atom. The van der Waals surface area contributed by atoms with Crippen molar-refractivity contribution in [3.63, 3.8) is 0 Å². The number of likely N-dealkylation sites (tertiary alicyclic amines) is 1. The van der Waals surface area contributed by atoms with Gasteiger partial charge in [0.2, 0.25) is 11.8 Å². The van der Waals surface area contributed by atoms with Gasteiger partial charge >= 0.3 is 0 Å². The molecule has 1 saturated heterocycles. The monoisotopic (exact) mass is 203 g/mol. The third kappa shape index (κ3) is 0.638. The van der Waals surface area contributed by atoms with Crippen LogP contribution in [0.25, 0.3) is 0 Å². The minimum Gasteiger partial charge on any atom is -0.285 e. The van der Waals surface area contributed by atoms with Gasteiger partial charge in [0.1, 0.15) is 0 Å². The van der Waals surface area contributed by atoms with Gasteiger partial charge in [-0.15, -0.1) is 0 Å². The third-order valence-electron chi connectivity index (χ3n) is 5.07. The van der Waals surface area contributed by atoms with Crippen LogP contribution in [-0.2, 0) is 9.59 Å². The van der Waals surface area contributed by atoms with Crippen LogP contribution in [0.1, 0.15) is 12.8 Å². The summed E-state index contributed by atoms with van der Waals surface area (Å²) >= 11 is 0. The van der Waals surface area contributed by atoms with E-state index in [0.717, 1.165) is 0 Å². The van der Waals surface area contributed by atoms with Crippen molar-refractivity contribution in [2.75, 3.05) is 7.05 Å². The third-order valence-corrected chi connectivity index (χ3v) is 5.07. The Balaban J connectivity index is 1.87. The molecule has 0 aromatic carbocycles. The van der Waals surface area contributed by atoms with Gasteiger partial charge in [-0.25, -0.2) is 0 Å². The van der Waals surface area contributed by atoms with Crippen molar-refractivity contribution in [1.29, 1.82) is 0 Å². The van der Waals surface area contributed by atoms with Gasteiger partial charge in [-0.05, 0) is 30.1 Å². The average molecular weight is 203 g/mol. The Hall–Kier alpha value is -1.12. The zero-order valence-corrected chi connectivity index (χ0v) is 8.64. The second kappa shape index (κ2) is 2.04. The number of hydrogen-bond donors (Lipinski definition) is 0. The summed E-state index contributed by atoms with van der Waals surface area (Å²) in [6, 6.07) is 0. The maximum atomic E-state index is 12.0. The molecule has 2 bridgehead atoms. The molecule has 4 atom stereocenters. The Morgan fingerprint density at radius 1 is 1.13 bits per heavy atom. The lowest BCUT2D eigenvalue weighted by molar-refractivity contribution is -0.139. The molecule has 0 radical (unpaired) electrons. The van der Waals surface area contributed by atoms with Crippen LogP contribution < -0.4 is 0 Å². The quantitative estimate of drug-likeness (QED) is 0.431. The van der Waals surface area contributed by atoms with E-state index in [0.29, 0.717) is 17.3 Å². The fraction of sp³-hybridized carbons (Fsp3) is 0.667. The zero-order valence-electron chi connectivity index (χ0n) is 8.64. The molecule has 1 aliphatic heterocycles. The Morgan fingerprint density at radius 3 is 2.00 bits per heavy atom. The number of hydrogen-bond acceptors (Lipinski definition) is 2. The molecule has 3 aliphatic carbocycles. The van der Waals surface area contributed by atoms with Gasteiger partial charge in [0.05, 0.1) is 11.8 Å². The molecule has 0 aromatic rings. The topological polar surface area (TPSA) is 37.4 Å². The molecule has 0 unspecified atom stereocenters. The number of nitrogens with zero attached hydrogens (tertiary/aromatic N) is 1. The van der Waals surface area contributed by atoms with Crippen molar-refractivity contribution in [3.05, 3.63) is 12.2 Å². The van der Waals surface area contributed by atoms with Gasteiger partial charge in [-0.1, -0.05) is 12.2 Å². The first-order chi connectivity index (χ1) is 7.17. The van der Waals surface area contributed by atoms with E-state index in [2.05, 4.69) is 12.2 Å². The predicted octanol–water partition coefficient (Wildman–Crippen LogP) is 0.813. The normalized spacial score (nSPS) is 48.2. The molecule has 15 heavy (non-hydrogen) atoms. The molecule has 2 amide bonds. The van der Waals surface area contributed by atoms with E-state index in [1.54, 1.807) is 7.05 Å². The van der Waals surface area contributed by atoms with Crippen molar-refractivity contribution in [2.45, 2.75) is 12.8 Å². The molecule has 4 rings (SSSR count). The molecule has 0 aromatic heterocycles. The van der Waals surface area contributed by atoms with Gasteiger partial charge < -0.3 is 0 Å². The highest BCUT2D eigenvalue weighted by atomic mass is 16.2. The van der Waals surface area contributed by atoms with E-state index in [9.17, 15) is 9.59 Å². The molecule has 1 heterocycles. The van der Waals surface area contributed by atoms with Gasteiger partial charge in [-0.2, -0.15) is 0 Å². The van der Waals surface area contributed by atoms with Crippen molar-refractivity contribution < 1.29 is 9.59 Å². The molecule has 0 N–H and O–H groups in total. The largest absolute Gasteiger partial charge is 0.285 e. The molecular weight excluding hydrogens is 190 g/mol. The molecule has 78 valence electrons. The molecule has 3 nitrogen and oxygen atoms in total. The number of carbonyl (C=O) groups excluding carboxylic acids is 2. The van der Waals surface area contributed by atoms with Gasteiger partial charge in [0.25, 0.3) is 0 Å². The fourth-order valence-corrected chi connectivity index (χ4v) is 4.23. The summed E-state index contributed by atoms with van der Waals surface area (Å²) in [5, 5.41) is 0. The highest BCUT2D eigenvalue weighted by Crippen LogP contribution is 2.73. The summed E-state index contributed by atoms with van der Waals surface area (Å²) in [7, 11) is 1.63. The summed E-state index contributed by atoms with van der Waals surface area (Å²) in [4.78, 5) is 25.3. The fourth-order valence-electron chi connectivity index (χ4n) is 4.23.